The Hall–Kier alpha value is -1.63. The van der Waals surface area contributed by atoms with Crippen LogP contribution in [0.15, 0.2) is 18.6 Å². The zero-order valence-corrected chi connectivity index (χ0v) is 8.52. The Kier molecular flexibility index (Phi) is 2.82. The maximum absolute atomic E-state index is 10.3. The average Bonchev–Trinajstić information content (AvgIpc) is 2.62. The van der Waals surface area contributed by atoms with Crippen molar-refractivity contribution in [3.05, 3.63) is 24.4 Å². The van der Waals surface area contributed by atoms with Crippen LogP contribution in [0.25, 0.3) is 5.65 Å². The van der Waals surface area contributed by atoms with Crippen molar-refractivity contribution in [2.24, 2.45) is 0 Å². The molecule has 0 aliphatic heterocycles. The lowest BCUT2D eigenvalue weighted by atomic mass is 10.6. The average molecular weight is 224 g/mol. The smallest absolute Gasteiger partial charge is 0.313 e. The molecule has 0 saturated carbocycles. The fourth-order valence-electron chi connectivity index (χ4n) is 1.13. The molecule has 2 aromatic heterocycles. The minimum absolute atomic E-state index is 0.0694. The third kappa shape index (κ3) is 2.24. The van der Waals surface area contributed by atoms with Gasteiger partial charge in [0, 0.05) is 12.4 Å². The summed E-state index contributed by atoms with van der Waals surface area (Å²) in [5.74, 6) is 0.506. The fraction of sp³-hybridized carbons (Fsp3) is 0.250. The van der Waals surface area contributed by atoms with E-state index >= 15 is 0 Å². The predicted octanol–water partition coefficient (Wildman–Crippen LogP) is 0.442. The normalized spacial score (nSPS) is 10.7. The first-order chi connectivity index (χ1) is 7.27. The summed E-state index contributed by atoms with van der Waals surface area (Å²) in [5, 5.41) is 16.3. The molecule has 7 heteroatoms. The lowest BCUT2D eigenvalue weighted by Gasteiger charge is -1.97. The number of carbonyl (C=O) groups is 1. The van der Waals surface area contributed by atoms with E-state index in [-0.39, 0.29) is 5.75 Å². The Labute approximate surface area is 89.4 Å². The highest BCUT2D eigenvalue weighted by molar-refractivity contribution is 7.99. The van der Waals surface area contributed by atoms with Crippen LogP contribution in [0.2, 0.25) is 0 Å². The molecule has 0 unspecified atom stereocenters. The second-order valence-corrected chi connectivity index (χ2v) is 3.79. The van der Waals surface area contributed by atoms with E-state index in [4.69, 9.17) is 5.11 Å². The minimum atomic E-state index is -0.824. The Bertz CT molecular complexity index is 484. The van der Waals surface area contributed by atoms with E-state index in [1.165, 1.54) is 11.8 Å². The summed E-state index contributed by atoms with van der Waals surface area (Å²) in [4.78, 5) is 14.2. The van der Waals surface area contributed by atoms with Crippen LogP contribution in [0.1, 0.15) is 5.82 Å². The van der Waals surface area contributed by atoms with Gasteiger partial charge in [0.25, 0.3) is 0 Å². The van der Waals surface area contributed by atoms with Gasteiger partial charge in [0.2, 0.25) is 0 Å². The summed E-state index contributed by atoms with van der Waals surface area (Å²) < 4.78 is 1.79. The topological polar surface area (TPSA) is 80.4 Å². The number of hydrogen-bond donors (Lipinski definition) is 1. The van der Waals surface area contributed by atoms with E-state index in [0.717, 1.165) is 5.82 Å². The van der Waals surface area contributed by atoms with Crippen LogP contribution in [-0.4, -0.2) is 36.4 Å². The summed E-state index contributed by atoms with van der Waals surface area (Å²) in [5.41, 5.74) is 0.670. The van der Waals surface area contributed by atoms with Crippen LogP contribution in [0, 0.1) is 0 Å². The van der Waals surface area contributed by atoms with Gasteiger partial charge in [-0.25, -0.2) is 0 Å². The molecule has 0 aliphatic carbocycles. The van der Waals surface area contributed by atoms with Gasteiger partial charge in [-0.1, -0.05) is 0 Å². The molecule has 1 N–H and O–H groups in total. The quantitative estimate of drug-likeness (QED) is 0.811. The van der Waals surface area contributed by atoms with Gasteiger partial charge >= 0.3 is 5.97 Å². The lowest BCUT2D eigenvalue weighted by Crippen LogP contribution is -2.00. The summed E-state index contributed by atoms with van der Waals surface area (Å²) in [7, 11) is 0. The van der Waals surface area contributed by atoms with Crippen molar-refractivity contribution in [1.29, 1.82) is 0 Å². The largest absolute Gasteiger partial charge is 0.481 e. The Morgan fingerprint density at radius 3 is 3.20 bits per heavy atom. The molecule has 6 nitrogen and oxygen atoms in total. The molecular formula is C8H8N4O2S. The third-order valence-electron chi connectivity index (χ3n) is 1.74. The number of hydrogen-bond acceptors (Lipinski definition) is 5. The van der Waals surface area contributed by atoms with E-state index in [1.54, 1.807) is 23.0 Å². The molecule has 0 aliphatic rings. The molecule has 0 atom stereocenters. The standard InChI is InChI=1S/C8H8N4O2S/c13-8(14)5-15-4-7-11-10-6-3-9-1-2-12(6)7/h1-3H,4-5H2,(H,13,14). The van der Waals surface area contributed by atoms with Gasteiger partial charge in [-0.05, 0) is 0 Å². The van der Waals surface area contributed by atoms with Crippen molar-refractivity contribution in [1.82, 2.24) is 19.6 Å². The van der Waals surface area contributed by atoms with Gasteiger partial charge in [0.05, 0.1) is 17.7 Å². The Morgan fingerprint density at radius 1 is 1.53 bits per heavy atom. The van der Waals surface area contributed by atoms with Crippen molar-refractivity contribution in [2.75, 3.05) is 5.75 Å². The number of carboxylic acid groups (broad SMARTS) is 1. The van der Waals surface area contributed by atoms with Crippen molar-refractivity contribution in [3.63, 3.8) is 0 Å². The molecule has 0 bridgehead atoms. The van der Waals surface area contributed by atoms with E-state index in [0.29, 0.717) is 11.4 Å². The lowest BCUT2D eigenvalue weighted by molar-refractivity contribution is -0.133. The van der Waals surface area contributed by atoms with Gasteiger partial charge in [-0.2, -0.15) is 0 Å². The van der Waals surface area contributed by atoms with E-state index < -0.39 is 5.97 Å². The molecule has 2 rings (SSSR count). The molecule has 2 aromatic rings. The third-order valence-corrected chi connectivity index (χ3v) is 2.65. The molecule has 0 aromatic carbocycles. The Balaban J connectivity index is 2.11. The second kappa shape index (κ2) is 4.26. The van der Waals surface area contributed by atoms with Crippen molar-refractivity contribution in [3.8, 4) is 0 Å². The highest BCUT2D eigenvalue weighted by Crippen LogP contribution is 2.10. The summed E-state index contributed by atoms with van der Waals surface area (Å²) in [6.07, 6.45) is 5.01. The Morgan fingerprint density at radius 2 is 2.40 bits per heavy atom. The molecule has 0 saturated heterocycles. The number of rotatable bonds is 4. The highest BCUT2D eigenvalue weighted by atomic mass is 32.2. The molecule has 0 fully saturated rings. The first-order valence-corrected chi connectivity index (χ1v) is 5.36. The molecule has 0 spiro atoms. The predicted molar refractivity (Wildman–Crippen MR) is 54.6 cm³/mol. The van der Waals surface area contributed by atoms with Crippen LogP contribution in [0.5, 0.6) is 0 Å². The highest BCUT2D eigenvalue weighted by Gasteiger charge is 2.05. The van der Waals surface area contributed by atoms with Crippen LogP contribution in [-0.2, 0) is 10.5 Å². The maximum atomic E-state index is 10.3. The molecule has 78 valence electrons. The summed E-state index contributed by atoms with van der Waals surface area (Å²) in [6.45, 7) is 0. The maximum Gasteiger partial charge on any atom is 0.313 e. The fourth-order valence-corrected chi connectivity index (χ4v) is 1.79. The van der Waals surface area contributed by atoms with Crippen LogP contribution in [0.4, 0.5) is 0 Å². The zero-order chi connectivity index (χ0) is 10.7. The number of thioether (sulfide) groups is 1. The number of fused-ring (bicyclic) bond motifs is 1. The molecule has 0 radical (unpaired) electrons. The number of aliphatic carboxylic acids is 1. The molecule has 15 heavy (non-hydrogen) atoms. The SMILES string of the molecule is O=C(O)CSCc1nnc2cnccn12. The molecular weight excluding hydrogens is 216 g/mol. The van der Waals surface area contributed by atoms with Gasteiger partial charge in [-0.15, -0.1) is 22.0 Å². The molecule has 2 heterocycles. The minimum Gasteiger partial charge on any atom is -0.481 e. The van der Waals surface area contributed by atoms with Crippen molar-refractivity contribution < 1.29 is 9.90 Å². The second-order valence-electron chi connectivity index (χ2n) is 2.81. The van der Waals surface area contributed by atoms with Crippen molar-refractivity contribution in [2.45, 2.75) is 5.75 Å². The van der Waals surface area contributed by atoms with Crippen LogP contribution >= 0.6 is 11.8 Å². The van der Waals surface area contributed by atoms with Gasteiger partial charge in [0.1, 0.15) is 5.82 Å². The van der Waals surface area contributed by atoms with Crippen molar-refractivity contribution >= 4 is 23.4 Å². The van der Waals surface area contributed by atoms with E-state index in [9.17, 15) is 4.79 Å². The number of carboxylic acids is 1. The van der Waals surface area contributed by atoms with E-state index in [1.807, 2.05) is 0 Å². The van der Waals surface area contributed by atoms with Crippen LogP contribution in [0.3, 0.4) is 0 Å². The number of nitrogens with zero attached hydrogens (tertiary/aromatic N) is 4. The van der Waals surface area contributed by atoms with Gasteiger partial charge in [-0.3, -0.25) is 14.2 Å². The summed E-state index contributed by atoms with van der Waals surface area (Å²) >= 11 is 1.29. The first kappa shape index (κ1) is 9.91. The number of aromatic nitrogens is 4. The van der Waals surface area contributed by atoms with Gasteiger partial charge in [0.15, 0.2) is 5.65 Å². The monoisotopic (exact) mass is 224 g/mol. The first-order valence-electron chi connectivity index (χ1n) is 4.20. The molecule has 0 amide bonds. The zero-order valence-electron chi connectivity index (χ0n) is 7.70. The van der Waals surface area contributed by atoms with Crippen LogP contribution < -0.4 is 0 Å². The van der Waals surface area contributed by atoms with E-state index in [2.05, 4.69) is 15.2 Å². The van der Waals surface area contributed by atoms with Gasteiger partial charge < -0.3 is 5.11 Å². The summed E-state index contributed by atoms with van der Waals surface area (Å²) in [6, 6.07) is 0.